The molecule has 2 heteroatoms. The minimum Gasteiger partial charge on any atom is -0.466 e. The second-order valence-corrected chi connectivity index (χ2v) is 1.89. The van der Waals surface area contributed by atoms with Crippen LogP contribution in [0.4, 0.5) is 0 Å². The summed E-state index contributed by atoms with van der Waals surface area (Å²) in [5, 5.41) is 4.06. The van der Waals surface area contributed by atoms with E-state index in [2.05, 4.69) is 5.32 Å². The second-order valence-electron chi connectivity index (χ2n) is 1.89. The predicted octanol–water partition coefficient (Wildman–Crippen LogP) is 1.73. The van der Waals surface area contributed by atoms with Gasteiger partial charge in [0.2, 0.25) is 0 Å². The molecule has 1 radical (unpaired) electrons. The summed E-state index contributed by atoms with van der Waals surface area (Å²) >= 11 is 0. The van der Waals surface area contributed by atoms with Gasteiger partial charge in [-0.2, -0.15) is 0 Å². The van der Waals surface area contributed by atoms with Crippen molar-refractivity contribution in [2.45, 2.75) is 20.3 Å². The first-order valence-electron chi connectivity index (χ1n) is 3.07. The Hall–Kier alpha value is -0.920. The van der Waals surface area contributed by atoms with Crippen LogP contribution in [0.3, 0.4) is 0 Å². The van der Waals surface area contributed by atoms with E-state index in [1.165, 1.54) is 0 Å². The number of nitrogens with zero attached hydrogens (tertiary/aromatic N) is 1. The fourth-order valence-corrected chi connectivity index (χ4v) is 0.751. The summed E-state index contributed by atoms with van der Waals surface area (Å²) in [5.41, 5.74) is 0.986. The summed E-state index contributed by atoms with van der Waals surface area (Å²) in [6.07, 6.45) is 4.18. The molecule has 0 aromatic heterocycles. The molecule has 0 unspecified atom stereocenters. The molecule has 1 rings (SSSR count). The third-order valence-corrected chi connectivity index (χ3v) is 1.26. The van der Waals surface area contributed by atoms with Crippen LogP contribution in [0.25, 0.3) is 0 Å². The van der Waals surface area contributed by atoms with E-state index < -0.39 is 0 Å². The summed E-state index contributed by atoms with van der Waals surface area (Å²) in [6, 6.07) is 0. The van der Waals surface area contributed by atoms with Gasteiger partial charge in [-0.25, -0.2) is 0 Å². The van der Waals surface area contributed by atoms with Gasteiger partial charge in [-0.15, -0.1) is 0 Å². The molecule has 1 aliphatic rings. The van der Waals surface area contributed by atoms with Crippen LogP contribution in [0.5, 0.6) is 0 Å². The van der Waals surface area contributed by atoms with Gasteiger partial charge in [0.15, 0.2) is 0 Å². The Labute approximate surface area is 55.2 Å². The van der Waals surface area contributed by atoms with E-state index in [0.29, 0.717) is 0 Å². The minimum atomic E-state index is 0.916. The standard InChI is InChI=1S/C7H10NO/c1-3-7-6(2)8-4-5-9-7/h4-5H,3H2,1-2H3. The molecule has 0 atom stereocenters. The van der Waals surface area contributed by atoms with Crippen molar-refractivity contribution < 1.29 is 4.74 Å². The normalized spacial score (nSPS) is 17.1. The molecule has 0 bridgehead atoms. The largest absolute Gasteiger partial charge is 0.466 e. The van der Waals surface area contributed by atoms with Crippen LogP contribution in [-0.4, -0.2) is 0 Å². The summed E-state index contributed by atoms with van der Waals surface area (Å²) in [6.45, 7) is 4.00. The van der Waals surface area contributed by atoms with Gasteiger partial charge >= 0.3 is 0 Å². The van der Waals surface area contributed by atoms with Crippen molar-refractivity contribution in [3.63, 3.8) is 0 Å². The van der Waals surface area contributed by atoms with E-state index in [4.69, 9.17) is 4.74 Å². The molecule has 0 N–H and O–H groups in total. The highest BCUT2D eigenvalue weighted by molar-refractivity contribution is 5.09. The lowest BCUT2D eigenvalue weighted by Crippen LogP contribution is -2.03. The Morgan fingerprint density at radius 3 is 2.89 bits per heavy atom. The van der Waals surface area contributed by atoms with Crippen LogP contribution in [0, 0.1) is 0 Å². The monoisotopic (exact) mass is 124 g/mol. The number of hydrogen-bond donors (Lipinski definition) is 0. The first-order valence-corrected chi connectivity index (χ1v) is 3.07. The maximum Gasteiger partial charge on any atom is 0.124 e. The van der Waals surface area contributed by atoms with Gasteiger partial charge in [0, 0.05) is 6.42 Å². The number of ether oxygens (including phenoxy) is 1. The van der Waals surface area contributed by atoms with Crippen molar-refractivity contribution >= 4 is 0 Å². The van der Waals surface area contributed by atoms with Crippen LogP contribution < -0.4 is 5.32 Å². The Balaban J connectivity index is 2.64. The second kappa shape index (κ2) is 2.58. The van der Waals surface area contributed by atoms with E-state index >= 15 is 0 Å². The molecule has 1 heterocycles. The molecular weight excluding hydrogens is 114 g/mol. The maximum absolute atomic E-state index is 5.14. The zero-order chi connectivity index (χ0) is 6.69. The molecule has 0 saturated heterocycles. The molecule has 49 valence electrons. The molecule has 0 aromatic rings. The molecule has 0 saturated carbocycles. The molecule has 9 heavy (non-hydrogen) atoms. The van der Waals surface area contributed by atoms with Crippen molar-refractivity contribution in [3.05, 3.63) is 23.9 Å². The molecule has 0 spiro atoms. The van der Waals surface area contributed by atoms with Gasteiger partial charge in [-0.3, -0.25) is 5.32 Å². The van der Waals surface area contributed by atoms with Crippen LogP contribution in [0.2, 0.25) is 0 Å². The first kappa shape index (κ1) is 6.20. The SMILES string of the molecule is CCC1=C(C)[N]C=CO1. The third kappa shape index (κ3) is 1.25. The van der Waals surface area contributed by atoms with E-state index in [0.717, 1.165) is 17.9 Å². The lowest BCUT2D eigenvalue weighted by molar-refractivity contribution is 0.317. The summed E-state index contributed by atoms with van der Waals surface area (Å²) in [5.74, 6) is 0.970. The van der Waals surface area contributed by atoms with Crippen LogP contribution in [0.15, 0.2) is 23.9 Å². The van der Waals surface area contributed by atoms with Gasteiger partial charge < -0.3 is 4.74 Å². The highest BCUT2D eigenvalue weighted by Crippen LogP contribution is 2.12. The van der Waals surface area contributed by atoms with Gasteiger partial charge in [0.25, 0.3) is 0 Å². The van der Waals surface area contributed by atoms with E-state index in [9.17, 15) is 0 Å². The number of rotatable bonds is 1. The van der Waals surface area contributed by atoms with Crippen molar-refractivity contribution in [1.29, 1.82) is 0 Å². The third-order valence-electron chi connectivity index (χ3n) is 1.26. The lowest BCUT2D eigenvalue weighted by atomic mass is 10.3. The highest BCUT2D eigenvalue weighted by Gasteiger charge is 2.03. The highest BCUT2D eigenvalue weighted by atomic mass is 16.5. The van der Waals surface area contributed by atoms with E-state index in [1.807, 2.05) is 13.8 Å². The van der Waals surface area contributed by atoms with Gasteiger partial charge in [0.1, 0.15) is 12.0 Å². The lowest BCUT2D eigenvalue weighted by Gasteiger charge is -2.10. The van der Waals surface area contributed by atoms with Crippen molar-refractivity contribution in [2.75, 3.05) is 0 Å². The van der Waals surface area contributed by atoms with E-state index in [-0.39, 0.29) is 0 Å². The van der Waals surface area contributed by atoms with Crippen molar-refractivity contribution in [3.8, 4) is 0 Å². The predicted molar refractivity (Wildman–Crippen MR) is 35.4 cm³/mol. The number of hydrogen-bond acceptors (Lipinski definition) is 1. The average molecular weight is 124 g/mol. The van der Waals surface area contributed by atoms with Gasteiger partial charge in [-0.05, 0) is 6.92 Å². The Morgan fingerprint density at radius 1 is 1.67 bits per heavy atom. The van der Waals surface area contributed by atoms with Crippen molar-refractivity contribution in [2.24, 2.45) is 0 Å². The molecule has 2 nitrogen and oxygen atoms in total. The first-order chi connectivity index (χ1) is 4.34. The molecule has 1 aliphatic heterocycles. The zero-order valence-electron chi connectivity index (χ0n) is 5.72. The Morgan fingerprint density at radius 2 is 2.44 bits per heavy atom. The Bertz CT molecular complexity index is 158. The van der Waals surface area contributed by atoms with Crippen LogP contribution in [0.1, 0.15) is 20.3 Å². The molecule has 0 amide bonds. The minimum absolute atomic E-state index is 0.916. The topological polar surface area (TPSA) is 23.3 Å². The molecule has 0 aliphatic carbocycles. The molecular formula is C7H10NO. The van der Waals surface area contributed by atoms with Gasteiger partial charge in [0.05, 0.1) is 11.9 Å². The quantitative estimate of drug-likeness (QED) is 0.522. The molecule has 0 fully saturated rings. The average Bonchev–Trinajstić information content (AvgIpc) is 1.89. The smallest absolute Gasteiger partial charge is 0.124 e. The van der Waals surface area contributed by atoms with Crippen LogP contribution >= 0.6 is 0 Å². The van der Waals surface area contributed by atoms with Gasteiger partial charge in [-0.1, -0.05) is 6.92 Å². The molecule has 0 aromatic carbocycles. The van der Waals surface area contributed by atoms with Crippen molar-refractivity contribution in [1.82, 2.24) is 5.32 Å². The van der Waals surface area contributed by atoms with E-state index in [1.54, 1.807) is 12.5 Å². The number of allylic oxidation sites excluding steroid dienone is 2. The zero-order valence-corrected chi connectivity index (χ0v) is 5.72. The van der Waals surface area contributed by atoms with Crippen LogP contribution in [-0.2, 0) is 4.74 Å². The summed E-state index contributed by atoms with van der Waals surface area (Å²) in [7, 11) is 0. The summed E-state index contributed by atoms with van der Waals surface area (Å²) < 4.78 is 5.14. The fraction of sp³-hybridized carbons (Fsp3) is 0.429. The summed E-state index contributed by atoms with van der Waals surface area (Å²) in [4.78, 5) is 0. The Kier molecular flexibility index (Phi) is 1.78. The fourth-order valence-electron chi connectivity index (χ4n) is 0.751. The maximum atomic E-state index is 5.14.